The summed E-state index contributed by atoms with van der Waals surface area (Å²) in [6.45, 7) is 0. The van der Waals surface area contributed by atoms with Gasteiger partial charge in [-0.05, 0) is 46.3 Å². The van der Waals surface area contributed by atoms with Crippen molar-refractivity contribution in [3.05, 3.63) is 206 Å². The van der Waals surface area contributed by atoms with Crippen LogP contribution in [0.15, 0.2) is 206 Å². The van der Waals surface area contributed by atoms with Crippen LogP contribution in [0.25, 0.3) is 94.8 Å². The second-order valence-corrected chi connectivity index (χ2v) is 13.6. The van der Waals surface area contributed by atoms with Crippen LogP contribution in [0.2, 0.25) is 0 Å². The summed E-state index contributed by atoms with van der Waals surface area (Å²) < 4.78 is 2.12. The van der Waals surface area contributed by atoms with Gasteiger partial charge in [0.1, 0.15) is 5.69 Å². The highest BCUT2D eigenvalue weighted by molar-refractivity contribution is 6.23. The topological polar surface area (TPSA) is 43.6 Å². The fraction of sp³-hybridized carbons (Fsp3) is 0. The third kappa shape index (κ3) is 5.87. The molecule has 0 aliphatic rings. The molecule has 0 spiro atoms. The molecule has 0 aliphatic heterocycles. The van der Waals surface area contributed by atoms with Crippen LogP contribution >= 0.6 is 0 Å². The predicted octanol–water partition coefficient (Wildman–Crippen LogP) is 13.0. The molecule has 2 aromatic heterocycles. The molecule has 2 heterocycles. The van der Waals surface area contributed by atoms with E-state index in [-0.39, 0.29) is 0 Å². The highest BCUT2D eigenvalue weighted by atomic mass is 15.3. The normalized spacial score (nSPS) is 11.3. The molecule has 0 bridgehead atoms. The molecule has 0 saturated heterocycles. The first-order chi connectivity index (χ1) is 27.3. The molecular weight excluding hydrogens is 669 g/mol. The van der Waals surface area contributed by atoms with Gasteiger partial charge in [-0.1, -0.05) is 182 Å². The Hall–Kier alpha value is -7.43. The second kappa shape index (κ2) is 13.8. The minimum absolute atomic E-state index is 0.667. The lowest BCUT2D eigenvalue weighted by molar-refractivity contribution is 0.918. The summed E-state index contributed by atoms with van der Waals surface area (Å²) in [7, 11) is 0. The number of rotatable bonds is 7. The largest absolute Gasteiger partial charge is 0.232 e. The molecule has 0 N–H and O–H groups in total. The SMILES string of the molecule is c1ccc(-c2cccc(-c3nc(-c4ccccc4)cc(-c4c(-c5ccccc5)c5c(-c6ccccc6)nn(-c6ccccc6)c5c5ccccc45)n3)c2)cc1. The number of aromatic nitrogens is 4. The minimum Gasteiger partial charge on any atom is -0.232 e. The Morgan fingerprint density at radius 1 is 0.345 bits per heavy atom. The van der Waals surface area contributed by atoms with Gasteiger partial charge in [-0.3, -0.25) is 0 Å². The van der Waals surface area contributed by atoms with E-state index in [0.717, 1.165) is 89.0 Å². The molecule has 0 amide bonds. The highest BCUT2D eigenvalue weighted by Gasteiger charge is 2.26. The second-order valence-electron chi connectivity index (χ2n) is 13.6. The van der Waals surface area contributed by atoms with E-state index in [4.69, 9.17) is 15.1 Å². The third-order valence-corrected chi connectivity index (χ3v) is 10.2. The fourth-order valence-electron chi connectivity index (χ4n) is 7.71. The van der Waals surface area contributed by atoms with Gasteiger partial charge in [-0.25, -0.2) is 14.6 Å². The highest BCUT2D eigenvalue weighted by Crippen LogP contribution is 2.48. The molecule has 4 nitrogen and oxygen atoms in total. The fourth-order valence-corrected chi connectivity index (χ4v) is 7.71. The molecule has 8 aromatic carbocycles. The minimum atomic E-state index is 0.667. The van der Waals surface area contributed by atoms with E-state index >= 15 is 0 Å². The van der Waals surface area contributed by atoms with Crippen LogP contribution < -0.4 is 0 Å². The average molecular weight is 703 g/mol. The predicted molar refractivity (Wildman–Crippen MR) is 227 cm³/mol. The van der Waals surface area contributed by atoms with Crippen LogP contribution in [0.3, 0.4) is 0 Å². The molecule has 0 atom stereocenters. The summed E-state index contributed by atoms with van der Waals surface area (Å²) >= 11 is 0. The molecule has 4 heteroatoms. The van der Waals surface area contributed by atoms with Crippen LogP contribution in [0, 0.1) is 0 Å². The van der Waals surface area contributed by atoms with Crippen LogP contribution in [0.4, 0.5) is 0 Å². The van der Waals surface area contributed by atoms with Gasteiger partial charge in [0.2, 0.25) is 0 Å². The zero-order valence-corrected chi connectivity index (χ0v) is 29.9. The standard InChI is InChI=1S/C51H34N4/c1-6-19-35(20-7-1)39-27-18-28-40(33-39)51-52-44(36-21-8-2-9-22-36)34-45(53-51)47-42-31-16-17-32-43(42)50-48(46(47)37-23-10-3-11-24-37)49(38-25-12-4-13-26-38)54-55(50)41-29-14-5-15-30-41/h1-34H. The van der Waals surface area contributed by atoms with Crippen molar-refractivity contribution in [1.29, 1.82) is 0 Å². The number of hydrogen-bond donors (Lipinski definition) is 0. The van der Waals surface area contributed by atoms with Crippen LogP contribution in [0.5, 0.6) is 0 Å². The first kappa shape index (κ1) is 32.2. The van der Waals surface area contributed by atoms with Crippen molar-refractivity contribution in [3.8, 4) is 73.1 Å². The van der Waals surface area contributed by atoms with E-state index in [0.29, 0.717) is 5.82 Å². The number of benzene rings is 8. The third-order valence-electron chi connectivity index (χ3n) is 10.2. The first-order valence-corrected chi connectivity index (χ1v) is 18.5. The molecule has 0 unspecified atom stereocenters. The Balaban J connectivity index is 1.35. The van der Waals surface area contributed by atoms with E-state index in [9.17, 15) is 0 Å². The summed E-state index contributed by atoms with van der Waals surface area (Å²) in [4.78, 5) is 10.8. The van der Waals surface area contributed by atoms with Gasteiger partial charge in [-0.15, -0.1) is 0 Å². The lowest BCUT2D eigenvalue weighted by Gasteiger charge is -2.18. The Bertz CT molecular complexity index is 2940. The maximum absolute atomic E-state index is 5.51. The Morgan fingerprint density at radius 3 is 1.53 bits per heavy atom. The molecule has 10 aromatic rings. The monoisotopic (exact) mass is 702 g/mol. The van der Waals surface area contributed by atoms with Crippen LogP contribution in [-0.4, -0.2) is 19.7 Å². The number of nitrogens with zero attached hydrogens (tertiary/aromatic N) is 4. The summed E-state index contributed by atoms with van der Waals surface area (Å²) in [5, 5.41) is 8.71. The Labute approximate surface area is 319 Å². The van der Waals surface area contributed by atoms with E-state index in [2.05, 4.69) is 193 Å². The Morgan fingerprint density at radius 2 is 0.855 bits per heavy atom. The molecule has 0 saturated carbocycles. The molecule has 258 valence electrons. The first-order valence-electron chi connectivity index (χ1n) is 18.5. The Kier molecular flexibility index (Phi) is 8.12. The van der Waals surface area contributed by atoms with Gasteiger partial charge in [0.25, 0.3) is 0 Å². The van der Waals surface area contributed by atoms with Crippen LogP contribution in [-0.2, 0) is 0 Å². The van der Waals surface area contributed by atoms with Gasteiger partial charge < -0.3 is 0 Å². The summed E-state index contributed by atoms with van der Waals surface area (Å²) in [5.41, 5.74) is 13.2. The van der Waals surface area contributed by atoms with E-state index in [1.807, 2.05) is 18.2 Å². The summed E-state index contributed by atoms with van der Waals surface area (Å²) in [6, 6.07) is 71.9. The van der Waals surface area contributed by atoms with Crippen molar-refractivity contribution in [2.45, 2.75) is 0 Å². The lowest BCUT2D eigenvalue weighted by atomic mass is 9.86. The van der Waals surface area contributed by atoms with Crippen molar-refractivity contribution in [3.63, 3.8) is 0 Å². The lowest BCUT2D eigenvalue weighted by Crippen LogP contribution is -2.00. The molecule has 10 rings (SSSR count). The summed E-state index contributed by atoms with van der Waals surface area (Å²) in [5.74, 6) is 0.667. The molecular formula is C51H34N4. The quantitative estimate of drug-likeness (QED) is 0.166. The van der Waals surface area contributed by atoms with Crippen molar-refractivity contribution >= 4 is 21.7 Å². The van der Waals surface area contributed by atoms with Crippen molar-refractivity contribution in [1.82, 2.24) is 19.7 Å². The van der Waals surface area contributed by atoms with E-state index in [1.54, 1.807) is 0 Å². The van der Waals surface area contributed by atoms with Crippen molar-refractivity contribution in [2.75, 3.05) is 0 Å². The molecule has 0 fully saturated rings. The van der Waals surface area contributed by atoms with Gasteiger partial charge in [0.15, 0.2) is 5.82 Å². The number of hydrogen-bond acceptors (Lipinski definition) is 3. The van der Waals surface area contributed by atoms with E-state index < -0.39 is 0 Å². The molecule has 0 aliphatic carbocycles. The molecule has 55 heavy (non-hydrogen) atoms. The maximum atomic E-state index is 5.51. The maximum Gasteiger partial charge on any atom is 0.160 e. The van der Waals surface area contributed by atoms with Crippen molar-refractivity contribution in [2.24, 2.45) is 0 Å². The van der Waals surface area contributed by atoms with Gasteiger partial charge >= 0.3 is 0 Å². The number of fused-ring (bicyclic) bond motifs is 3. The van der Waals surface area contributed by atoms with Crippen LogP contribution in [0.1, 0.15) is 0 Å². The zero-order chi connectivity index (χ0) is 36.6. The number of para-hydroxylation sites is 1. The van der Waals surface area contributed by atoms with Gasteiger partial charge in [0.05, 0.1) is 22.6 Å². The summed E-state index contributed by atoms with van der Waals surface area (Å²) in [6.07, 6.45) is 0. The van der Waals surface area contributed by atoms with Gasteiger partial charge in [-0.2, -0.15) is 5.10 Å². The molecule has 0 radical (unpaired) electrons. The average Bonchev–Trinajstić information content (AvgIpc) is 3.68. The van der Waals surface area contributed by atoms with E-state index in [1.165, 1.54) is 0 Å². The van der Waals surface area contributed by atoms with Gasteiger partial charge in [0, 0.05) is 38.6 Å². The zero-order valence-electron chi connectivity index (χ0n) is 29.9. The smallest absolute Gasteiger partial charge is 0.160 e. The van der Waals surface area contributed by atoms with Crippen molar-refractivity contribution < 1.29 is 0 Å².